The van der Waals surface area contributed by atoms with Crippen molar-refractivity contribution in [3.8, 4) is 5.75 Å². The Morgan fingerprint density at radius 1 is 1.17 bits per heavy atom. The quantitative estimate of drug-likeness (QED) is 0.785. The molecule has 0 N–H and O–H groups in total. The molecule has 24 heavy (non-hydrogen) atoms. The Kier molecular flexibility index (Phi) is 7.79. The molecular formula is C18H25ClN2O3. The molecule has 0 atom stereocenters. The number of aryl methyl sites for hydroxylation is 1. The first-order valence-electron chi connectivity index (χ1n) is 8.02. The molecule has 6 heteroatoms. The van der Waals surface area contributed by atoms with Crippen molar-refractivity contribution < 1.29 is 14.3 Å². The summed E-state index contributed by atoms with van der Waals surface area (Å²) in [5.74, 6) is 0.250. The van der Waals surface area contributed by atoms with E-state index in [1.165, 1.54) is 13.2 Å². The Morgan fingerprint density at radius 3 is 2.21 bits per heavy atom. The van der Waals surface area contributed by atoms with Crippen LogP contribution in [0.4, 0.5) is 0 Å². The molecule has 1 aliphatic rings. The maximum Gasteiger partial charge on any atom is 0.257 e. The van der Waals surface area contributed by atoms with E-state index in [1.807, 2.05) is 20.8 Å². The molecule has 2 amide bonds. The summed E-state index contributed by atoms with van der Waals surface area (Å²) >= 11 is 6.07. The number of amides is 2. The van der Waals surface area contributed by atoms with E-state index >= 15 is 0 Å². The highest BCUT2D eigenvalue weighted by Crippen LogP contribution is 2.28. The predicted octanol–water partition coefficient (Wildman–Crippen LogP) is 3.15. The average Bonchev–Trinajstić information content (AvgIpc) is 2.64. The molecule has 0 aliphatic carbocycles. The van der Waals surface area contributed by atoms with Gasteiger partial charge in [-0.25, -0.2) is 0 Å². The summed E-state index contributed by atoms with van der Waals surface area (Å²) in [6, 6.07) is 3.40. The van der Waals surface area contributed by atoms with Crippen molar-refractivity contribution in [1.82, 2.24) is 9.80 Å². The SMILES string of the molecule is C=CC(=O)N1CCN(C(=O)c2cc(C)c(Cl)cc2OC)CC1.CC. The molecule has 132 valence electrons. The molecule has 5 nitrogen and oxygen atoms in total. The minimum absolute atomic E-state index is 0.105. The molecule has 0 unspecified atom stereocenters. The lowest BCUT2D eigenvalue weighted by molar-refractivity contribution is -0.127. The van der Waals surface area contributed by atoms with Crippen LogP contribution in [0.2, 0.25) is 5.02 Å². The fourth-order valence-corrected chi connectivity index (χ4v) is 2.58. The maximum absolute atomic E-state index is 12.7. The number of piperazine rings is 1. The summed E-state index contributed by atoms with van der Waals surface area (Å²) < 4.78 is 5.26. The van der Waals surface area contributed by atoms with Crippen molar-refractivity contribution in [1.29, 1.82) is 0 Å². The van der Waals surface area contributed by atoms with Crippen LogP contribution in [-0.4, -0.2) is 54.9 Å². The third kappa shape index (κ3) is 4.51. The first-order valence-corrected chi connectivity index (χ1v) is 8.40. The van der Waals surface area contributed by atoms with E-state index in [1.54, 1.807) is 21.9 Å². The lowest BCUT2D eigenvalue weighted by atomic mass is 10.1. The van der Waals surface area contributed by atoms with Gasteiger partial charge in [-0.3, -0.25) is 9.59 Å². The standard InChI is InChI=1S/C16H19ClN2O3.C2H6/c1-4-15(20)18-5-7-19(8-6-18)16(21)12-9-11(2)13(17)10-14(12)22-3;1-2/h4,9-10H,1,5-8H2,2-3H3;1-2H3. The summed E-state index contributed by atoms with van der Waals surface area (Å²) in [6.45, 7) is 11.3. The number of carbonyl (C=O) groups excluding carboxylic acids is 2. The van der Waals surface area contributed by atoms with Gasteiger partial charge in [0.25, 0.3) is 5.91 Å². The second kappa shape index (κ2) is 9.33. The number of hydrogen-bond donors (Lipinski definition) is 0. The van der Waals surface area contributed by atoms with Crippen LogP contribution in [0.25, 0.3) is 0 Å². The van der Waals surface area contributed by atoms with Crippen LogP contribution in [0.15, 0.2) is 24.8 Å². The minimum atomic E-state index is -0.109. The number of nitrogens with zero attached hydrogens (tertiary/aromatic N) is 2. The molecule has 1 aromatic carbocycles. The predicted molar refractivity (Wildman–Crippen MR) is 96.8 cm³/mol. The van der Waals surface area contributed by atoms with Crippen molar-refractivity contribution in [3.05, 3.63) is 40.9 Å². The number of hydrogen-bond acceptors (Lipinski definition) is 3. The molecule has 0 radical (unpaired) electrons. The third-order valence-corrected chi connectivity index (χ3v) is 4.17. The highest BCUT2D eigenvalue weighted by atomic mass is 35.5. The highest BCUT2D eigenvalue weighted by Gasteiger charge is 2.26. The zero-order valence-electron chi connectivity index (χ0n) is 14.8. The first-order chi connectivity index (χ1) is 11.5. The van der Waals surface area contributed by atoms with Crippen molar-refractivity contribution in [3.63, 3.8) is 0 Å². The van der Waals surface area contributed by atoms with Gasteiger partial charge in [-0.05, 0) is 30.7 Å². The van der Waals surface area contributed by atoms with Crippen LogP contribution in [0.1, 0.15) is 29.8 Å². The topological polar surface area (TPSA) is 49.9 Å². The molecule has 1 aliphatic heterocycles. The van der Waals surface area contributed by atoms with Gasteiger partial charge < -0.3 is 14.5 Å². The lowest BCUT2D eigenvalue weighted by Crippen LogP contribution is -2.50. The van der Waals surface area contributed by atoms with Gasteiger partial charge >= 0.3 is 0 Å². The van der Waals surface area contributed by atoms with Gasteiger partial charge in [0.1, 0.15) is 5.75 Å². The summed E-state index contributed by atoms with van der Waals surface area (Å²) in [5.41, 5.74) is 1.32. The number of methoxy groups -OCH3 is 1. The van der Waals surface area contributed by atoms with Crippen LogP contribution >= 0.6 is 11.6 Å². The fraction of sp³-hybridized carbons (Fsp3) is 0.444. The van der Waals surface area contributed by atoms with Crippen LogP contribution in [0.5, 0.6) is 5.75 Å². The zero-order valence-corrected chi connectivity index (χ0v) is 15.5. The van der Waals surface area contributed by atoms with Gasteiger partial charge in [0, 0.05) is 31.2 Å². The second-order valence-corrected chi connectivity index (χ2v) is 5.53. The molecule has 0 spiro atoms. The molecular weight excluding hydrogens is 328 g/mol. The molecule has 0 bridgehead atoms. The van der Waals surface area contributed by atoms with Gasteiger partial charge in [-0.1, -0.05) is 32.0 Å². The van der Waals surface area contributed by atoms with Crippen molar-refractivity contribution in [2.24, 2.45) is 0 Å². The minimum Gasteiger partial charge on any atom is -0.496 e. The van der Waals surface area contributed by atoms with E-state index in [0.29, 0.717) is 42.5 Å². The summed E-state index contributed by atoms with van der Waals surface area (Å²) in [6.07, 6.45) is 1.29. The van der Waals surface area contributed by atoms with Crippen molar-refractivity contribution in [2.75, 3.05) is 33.3 Å². The number of carbonyl (C=O) groups is 2. The number of halogens is 1. The van der Waals surface area contributed by atoms with E-state index < -0.39 is 0 Å². The molecule has 1 heterocycles. The van der Waals surface area contributed by atoms with E-state index in [-0.39, 0.29) is 11.8 Å². The molecule has 1 fully saturated rings. The lowest BCUT2D eigenvalue weighted by Gasteiger charge is -2.34. The zero-order chi connectivity index (χ0) is 18.3. The van der Waals surface area contributed by atoms with E-state index in [0.717, 1.165) is 5.56 Å². The van der Waals surface area contributed by atoms with E-state index in [4.69, 9.17) is 16.3 Å². The number of rotatable bonds is 3. The monoisotopic (exact) mass is 352 g/mol. The smallest absolute Gasteiger partial charge is 0.257 e. The number of ether oxygens (including phenoxy) is 1. The third-order valence-electron chi connectivity index (χ3n) is 3.76. The highest BCUT2D eigenvalue weighted by molar-refractivity contribution is 6.31. The fourth-order valence-electron chi connectivity index (χ4n) is 2.43. The van der Waals surface area contributed by atoms with Crippen molar-refractivity contribution in [2.45, 2.75) is 20.8 Å². The average molecular weight is 353 g/mol. The van der Waals surface area contributed by atoms with Gasteiger partial charge in [-0.2, -0.15) is 0 Å². The molecule has 0 saturated carbocycles. The van der Waals surface area contributed by atoms with Gasteiger partial charge in [0.15, 0.2) is 0 Å². The summed E-state index contributed by atoms with van der Waals surface area (Å²) in [5, 5.41) is 0.565. The number of benzene rings is 1. The van der Waals surface area contributed by atoms with E-state index in [9.17, 15) is 9.59 Å². The van der Waals surface area contributed by atoms with Crippen LogP contribution < -0.4 is 4.74 Å². The Bertz CT molecular complexity index is 609. The normalized spacial score (nSPS) is 13.7. The Labute approximate surface area is 148 Å². The summed E-state index contributed by atoms with van der Waals surface area (Å²) in [4.78, 5) is 27.6. The van der Waals surface area contributed by atoms with Gasteiger partial charge in [0.2, 0.25) is 5.91 Å². The van der Waals surface area contributed by atoms with Crippen molar-refractivity contribution >= 4 is 23.4 Å². The maximum atomic E-state index is 12.7. The molecule has 1 aromatic rings. The first kappa shape index (κ1) is 20.0. The second-order valence-electron chi connectivity index (χ2n) is 5.12. The van der Waals surface area contributed by atoms with Crippen LogP contribution in [-0.2, 0) is 4.79 Å². The Hall–Kier alpha value is -2.01. The molecule has 2 rings (SSSR count). The summed E-state index contributed by atoms with van der Waals surface area (Å²) in [7, 11) is 1.51. The van der Waals surface area contributed by atoms with Gasteiger partial charge in [-0.15, -0.1) is 0 Å². The van der Waals surface area contributed by atoms with Gasteiger partial charge in [0.05, 0.1) is 12.7 Å². The van der Waals surface area contributed by atoms with Crippen LogP contribution in [0.3, 0.4) is 0 Å². The molecule has 1 saturated heterocycles. The Morgan fingerprint density at radius 2 is 1.71 bits per heavy atom. The van der Waals surface area contributed by atoms with E-state index in [2.05, 4.69) is 6.58 Å². The van der Waals surface area contributed by atoms with Crippen LogP contribution in [0, 0.1) is 6.92 Å². The Balaban J connectivity index is 0.00000139. The largest absolute Gasteiger partial charge is 0.496 e. The molecule has 0 aromatic heterocycles.